The monoisotopic (exact) mass is 298 g/mol. The first-order valence-corrected chi connectivity index (χ1v) is 6.27. The van der Waals surface area contributed by atoms with E-state index in [2.05, 4.69) is 0 Å². The Labute approximate surface area is 119 Å². The number of alkyl halides is 3. The summed E-state index contributed by atoms with van der Waals surface area (Å²) < 4.78 is 37.9. The van der Waals surface area contributed by atoms with Crippen molar-refractivity contribution in [3.05, 3.63) is 29.3 Å². The number of carbonyl (C=O) groups is 1. The van der Waals surface area contributed by atoms with Crippen LogP contribution in [0.4, 0.5) is 18.9 Å². The van der Waals surface area contributed by atoms with Crippen molar-refractivity contribution in [2.45, 2.75) is 19.5 Å². The van der Waals surface area contributed by atoms with Gasteiger partial charge in [0.15, 0.2) is 0 Å². The van der Waals surface area contributed by atoms with Crippen molar-refractivity contribution in [1.82, 2.24) is 0 Å². The fraction of sp³-hybridized carbons (Fsp3) is 0.429. The van der Waals surface area contributed by atoms with Crippen LogP contribution >= 0.6 is 0 Å². The minimum Gasteiger partial charge on any atom is -0.481 e. The summed E-state index contributed by atoms with van der Waals surface area (Å²) in [6.45, 7) is 2.15. The van der Waals surface area contributed by atoms with E-state index in [-0.39, 0.29) is 12.1 Å². The first kappa shape index (κ1) is 15.2. The van der Waals surface area contributed by atoms with E-state index in [1.54, 1.807) is 17.9 Å². The van der Waals surface area contributed by atoms with Gasteiger partial charge in [0.05, 0.1) is 22.2 Å². The number of hydrogen-bond donors (Lipinski definition) is 1. The van der Waals surface area contributed by atoms with Gasteiger partial charge >= 0.3 is 12.1 Å². The molecule has 1 unspecified atom stereocenters. The Bertz CT molecular complexity index is 622. The van der Waals surface area contributed by atoms with Gasteiger partial charge in [-0.25, -0.2) is 0 Å². The number of benzene rings is 1. The molecule has 1 fully saturated rings. The summed E-state index contributed by atoms with van der Waals surface area (Å²) in [5.41, 5.74) is -1.59. The van der Waals surface area contributed by atoms with Crippen LogP contribution in [0.15, 0.2) is 18.2 Å². The van der Waals surface area contributed by atoms with Crippen LogP contribution in [0.5, 0.6) is 0 Å². The Morgan fingerprint density at radius 2 is 2.14 bits per heavy atom. The van der Waals surface area contributed by atoms with E-state index in [9.17, 15) is 23.1 Å². The Kier molecular flexibility index (Phi) is 3.58. The van der Waals surface area contributed by atoms with Crippen molar-refractivity contribution < 1.29 is 23.1 Å². The Morgan fingerprint density at radius 1 is 1.48 bits per heavy atom. The fourth-order valence-electron chi connectivity index (χ4n) is 2.42. The van der Waals surface area contributed by atoms with Crippen molar-refractivity contribution in [2.75, 3.05) is 18.0 Å². The van der Waals surface area contributed by atoms with Gasteiger partial charge in [0.1, 0.15) is 6.07 Å². The van der Waals surface area contributed by atoms with Crippen molar-refractivity contribution in [3.8, 4) is 6.07 Å². The second kappa shape index (κ2) is 4.95. The maximum Gasteiger partial charge on any atom is 0.416 e. The molecule has 0 spiro atoms. The van der Waals surface area contributed by atoms with Crippen LogP contribution in [0, 0.1) is 16.7 Å². The molecule has 1 aromatic rings. The first-order valence-electron chi connectivity index (χ1n) is 6.27. The van der Waals surface area contributed by atoms with E-state index >= 15 is 0 Å². The zero-order valence-corrected chi connectivity index (χ0v) is 11.2. The molecule has 1 aliphatic heterocycles. The van der Waals surface area contributed by atoms with Gasteiger partial charge in [-0.1, -0.05) is 0 Å². The van der Waals surface area contributed by atoms with Crippen LogP contribution in [0.2, 0.25) is 0 Å². The van der Waals surface area contributed by atoms with Crippen LogP contribution in [-0.4, -0.2) is 24.2 Å². The number of anilines is 1. The molecule has 112 valence electrons. The molecular formula is C14H13F3N2O2. The molecule has 1 saturated heterocycles. The number of aliphatic carboxylic acids is 1. The molecule has 1 heterocycles. The molecule has 4 nitrogen and oxygen atoms in total. The number of carboxylic acids is 1. The first-order chi connectivity index (χ1) is 9.67. The zero-order valence-electron chi connectivity index (χ0n) is 11.2. The molecule has 1 N–H and O–H groups in total. The molecule has 7 heteroatoms. The highest BCUT2D eigenvalue weighted by Crippen LogP contribution is 2.37. The highest BCUT2D eigenvalue weighted by molar-refractivity contribution is 5.76. The standard InChI is InChI=1S/C14H13F3N2O2/c1-13(12(20)21)4-5-19(8-13)11-3-2-10(14(15,16)17)6-9(11)7-18/h2-3,6H,4-5,8H2,1H3,(H,20,21). The lowest BCUT2D eigenvalue weighted by molar-refractivity contribution is -0.146. The lowest BCUT2D eigenvalue weighted by atomic mass is 9.90. The average Bonchev–Trinajstić information content (AvgIpc) is 2.81. The van der Waals surface area contributed by atoms with Gasteiger partial charge < -0.3 is 10.0 Å². The number of carboxylic acid groups (broad SMARTS) is 1. The number of halogens is 3. The second-order valence-electron chi connectivity index (χ2n) is 5.38. The summed E-state index contributed by atoms with van der Waals surface area (Å²) >= 11 is 0. The quantitative estimate of drug-likeness (QED) is 0.912. The summed E-state index contributed by atoms with van der Waals surface area (Å²) in [6, 6.07) is 4.69. The lowest BCUT2D eigenvalue weighted by Gasteiger charge is -2.23. The van der Waals surface area contributed by atoms with Gasteiger partial charge in [-0.3, -0.25) is 4.79 Å². The number of nitriles is 1. The maximum absolute atomic E-state index is 12.6. The smallest absolute Gasteiger partial charge is 0.416 e. The van der Waals surface area contributed by atoms with E-state index in [1.807, 2.05) is 0 Å². The van der Waals surface area contributed by atoms with Crippen LogP contribution < -0.4 is 4.90 Å². The van der Waals surface area contributed by atoms with Crippen molar-refractivity contribution in [3.63, 3.8) is 0 Å². The number of nitrogens with zero attached hydrogens (tertiary/aromatic N) is 2. The molecule has 1 aliphatic rings. The van der Waals surface area contributed by atoms with E-state index in [0.717, 1.165) is 12.1 Å². The molecule has 0 aliphatic carbocycles. The Hall–Kier alpha value is -2.23. The topological polar surface area (TPSA) is 64.3 Å². The predicted octanol–water partition coefficient (Wildman–Crippen LogP) is 2.88. The normalized spacial score (nSPS) is 22.1. The summed E-state index contributed by atoms with van der Waals surface area (Å²) in [4.78, 5) is 12.8. The molecule has 21 heavy (non-hydrogen) atoms. The second-order valence-corrected chi connectivity index (χ2v) is 5.38. The summed E-state index contributed by atoms with van der Waals surface area (Å²) in [5.74, 6) is -0.949. The van der Waals surface area contributed by atoms with Crippen LogP contribution in [0.1, 0.15) is 24.5 Å². The van der Waals surface area contributed by atoms with Crippen molar-refractivity contribution in [2.24, 2.45) is 5.41 Å². The van der Waals surface area contributed by atoms with Gasteiger partial charge in [-0.2, -0.15) is 18.4 Å². The van der Waals surface area contributed by atoms with E-state index in [0.29, 0.717) is 18.7 Å². The van der Waals surface area contributed by atoms with E-state index in [4.69, 9.17) is 5.26 Å². The molecule has 2 rings (SSSR count). The highest BCUT2D eigenvalue weighted by Gasteiger charge is 2.41. The molecule has 1 aromatic carbocycles. The molecule has 0 amide bonds. The minimum absolute atomic E-state index is 0.0977. The van der Waals surface area contributed by atoms with Crippen LogP contribution in [0.25, 0.3) is 0 Å². The van der Waals surface area contributed by atoms with E-state index in [1.165, 1.54) is 6.07 Å². The minimum atomic E-state index is -4.51. The summed E-state index contributed by atoms with van der Waals surface area (Å²) in [6.07, 6.45) is -4.13. The van der Waals surface area contributed by atoms with Crippen molar-refractivity contribution in [1.29, 1.82) is 5.26 Å². The SMILES string of the molecule is CC1(C(=O)O)CCN(c2ccc(C(F)(F)F)cc2C#N)C1. The zero-order chi connectivity index (χ0) is 15.8. The number of hydrogen-bond acceptors (Lipinski definition) is 3. The van der Waals surface area contributed by atoms with Gasteiger partial charge in [0.2, 0.25) is 0 Å². The molecule has 0 bridgehead atoms. The highest BCUT2D eigenvalue weighted by atomic mass is 19.4. The molecule has 1 atom stereocenters. The lowest BCUT2D eigenvalue weighted by Crippen LogP contribution is -2.32. The van der Waals surface area contributed by atoms with E-state index < -0.39 is 23.1 Å². The third kappa shape index (κ3) is 2.79. The Balaban J connectivity index is 2.34. The van der Waals surface area contributed by atoms with Gasteiger partial charge in [-0.05, 0) is 31.5 Å². The Morgan fingerprint density at radius 3 is 2.62 bits per heavy atom. The van der Waals surface area contributed by atoms with Gasteiger partial charge in [0, 0.05) is 13.1 Å². The summed E-state index contributed by atoms with van der Waals surface area (Å²) in [7, 11) is 0. The van der Waals surface area contributed by atoms with Crippen LogP contribution in [0.3, 0.4) is 0 Å². The molecule has 0 saturated carbocycles. The average molecular weight is 298 g/mol. The van der Waals surface area contributed by atoms with Gasteiger partial charge in [0.25, 0.3) is 0 Å². The number of rotatable bonds is 2. The fourth-order valence-corrected chi connectivity index (χ4v) is 2.42. The predicted molar refractivity (Wildman–Crippen MR) is 68.7 cm³/mol. The summed E-state index contributed by atoms with van der Waals surface area (Å²) in [5, 5.41) is 18.2. The largest absolute Gasteiger partial charge is 0.481 e. The van der Waals surface area contributed by atoms with Crippen LogP contribution in [-0.2, 0) is 11.0 Å². The third-order valence-electron chi connectivity index (χ3n) is 3.77. The molecule has 0 aromatic heterocycles. The van der Waals surface area contributed by atoms with Gasteiger partial charge in [-0.15, -0.1) is 0 Å². The molecule has 0 radical (unpaired) electrons. The maximum atomic E-state index is 12.6. The van der Waals surface area contributed by atoms with Crippen molar-refractivity contribution >= 4 is 11.7 Å². The third-order valence-corrected chi connectivity index (χ3v) is 3.77. The molecular weight excluding hydrogens is 285 g/mol.